The van der Waals surface area contributed by atoms with Crippen LogP contribution in [0.25, 0.3) is 11.3 Å². The summed E-state index contributed by atoms with van der Waals surface area (Å²) in [5.74, 6) is 0.828. The van der Waals surface area contributed by atoms with E-state index in [0.717, 1.165) is 34.0 Å². The van der Waals surface area contributed by atoms with E-state index in [1.54, 1.807) is 24.6 Å². The van der Waals surface area contributed by atoms with Crippen molar-refractivity contribution in [1.29, 1.82) is 0 Å². The van der Waals surface area contributed by atoms with Gasteiger partial charge in [0.25, 0.3) is 0 Å². The van der Waals surface area contributed by atoms with E-state index in [1.807, 2.05) is 36.5 Å². The van der Waals surface area contributed by atoms with Crippen LogP contribution in [-0.4, -0.2) is 16.7 Å². The van der Waals surface area contributed by atoms with E-state index in [2.05, 4.69) is 52.2 Å². The van der Waals surface area contributed by atoms with Crippen LogP contribution in [0.2, 0.25) is 0 Å². The first-order valence-corrected chi connectivity index (χ1v) is 9.94. The fourth-order valence-corrected chi connectivity index (χ4v) is 3.90. The summed E-state index contributed by atoms with van der Waals surface area (Å²) in [7, 11) is 1.67. The van der Waals surface area contributed by atoms with Gasteiger partial charge in [-0.2, -0.15) is 0 Å². The molecule has 2 heterocycles. The second-order valence-electron chi connectivity index (χ2n) is 6.53. The monoisotopic (exact) mass is 387 g/mol. The highest BCUT2D eigenvalue weighted by Crippen LogP contribution is 2.23. The molecule has 140 valence electrons. The van der Waals surface area contributed by atoms with Gasteiger partial charge in [0, 0.05) is 17.8 Å². The molecule has 0 saturated heterocycles. The molecule has 4 rings (SSSR count). The summed E-state index contributed by atoms with van der Waals surface area (Å²) in [5, 5.41) is 2.17. The number of rotatable bonds is 5. The SMILES string of the molecule is COc1ccc(N=c2scc(-c3ccc(C)cc3)n2Cc2cccnc2)cc1. The van der Waals surface area contributed by atoms with Gasteiger partial charge in [-0.15, -0.1) is 11.3 Å². The van der Waals surface area contributed by atoms with Gasteiger partial charge >= 0.3 is 0 Å². The third kappa shape index (κ3) is 4.05. The average Bonchev–Trinajstić information content (AvgIpc) is 3.12. The molecular weight excluding hydrogens is 366 g/mol. The summed E-state index contributed by atoms with van der Waals surface area (Å²) in [5.41, 5.74) is 5.63. The molecule has 2 aromatic heterocycles. The highest BCUT2D eigenvalue weighted by atomic mass is 32.1. The van der Waals surface area contributed by atoms with Gasteiger partial charge in [0.05, 0.1) is 25.0 Å². The molecule has 4 aromatic rings. The van der Waals surface area contributed by atoms with Crippen molar-refractivity contribution in [2.24, 2.45) is 4.99 Å². The van der Waals surface area contributed by atoms with Crippen molar-refractivity contribution >= 4 is 17.0 Å². The quantitative estimate of drug-likeness (QED) is 0.472. The van der Waals surface area contributed by atoms with Gasteiger partial charge in [0.1, 0.15) is 5.75 Å². The molecule has 0 aliphatic rings. The molecule has 0 amide bonds. The minimum atomic E-state index is 0.718. The third-order valence-corrected chi connectivity index (χ3v) is 5.37. The van der Waals surface area contributed by atoms with E-state index in [4.69, 9.17) is 9.73 Å². The molecule has 28 heavy (non-hydrogen) atoms. The first-order valence-electron chi connectivity index (χ1n) is 9.06. The smallest absolute Gasteiger partial charge is 0.190 e. The maximum absolute atomic E-state index is 5.24. The molecule has 0 aliphatic heterocycles. The summed E-state index contributed by atoms with van der Waals surface area (Å²) >= 11 is 1.64. The first kappa shape index (κ1) is 18.2. The highest BCUT2D eigenvalue weighted by molar-refractivity contribution is 7.07. The lowest BCUT2D eigenvalue weighted by atomic mass is 10.1. The molecule has 4 nitrogen and oxygen atoms in total. The minimum absolute atomic E-state index is 0.718. The number of hydrogen-bond donors (Lipinski definition) is 0. The zero-order valence-corrected chi connectivity index (χ0v) is 16.7. The van der Waals surface area contributed by atoms with Crippen molar-refractivity contribution in [3.63, 3.8) is 0 Å². The van der Waals surface area contributed by atoms with Crippen molar-refractivity contribution in [2.75, 3.05) is 7.11 Å². The minimum Gasteiger partial charge on any atom is -0.497 e. The molecule has 0 saturated carbocycles. The van der Waals surface area contributed by atoms with Crippen molar-refractivity contribution in [1.82, 2.24) is 9.55 Å². The summed E-state index contributed by atoms with van der Waals surface area (Å²) in [6.45, 7) is 2.82. The molecule has 0 N–H and O–H groups in total. The lowest BCUT2D eigenvalue weighted by Crippen LogP contribution is -2.16. The molecule has 0 bridgehead atoms. The Morgan fingerprint density at radius 1 is 1.04 bits per heavy atom. The molecule has 0 aliphatic carbocycles. The molecule has 5 heteroatoms. The van der Waals surface area contributed by atoms with Gasteiger partial charge in [-0.1, -0.05) is 35.9 Å². The number of thiazole rings is 1. The standard InChI is InChI=1S/C23H21N3OS/c1-17-5-7-19(8-6-17)22-16-28-23(25-20-9-11-21(27-2)12-10-20)26(22)15-18-4-3-13-24-14-18/h3-14,16H,15H2,1-2H3. The normalized spacial score (nSPS) is 11.6. The Bertz CT molecular complexity index is 1110. The lowest BCUT2D eigenvalue weighted by molar-refractivity contribution is 0.415. The van der Waals surface area contributed by atoms with Crippen LogP contribution < -0.4 is 9.54 Å². The zero-order valence-electron chi connectivity index (χ0n) is 15.9. The fraction of sp³-hybridized carbons (Fsp3) is 0.130. The van der Waals surface area contributed by atoms with Crippen molar-refractivity contribution in [3.05, 3.63) is 94.4 Å². The molecule has 0 radical (unpaired) electrons. The second kappa shape index (κ2) is 8.23. The molecule has 2 aromatic carbocycles. The van der Waals surface area contributed by atoms with E-state index < -0.39 is 0 Å². The Labute approximate surface area is 168 Å². The van der Waals surface area contributed by atoms with Crippen molar-refractivity contribution in [2.45, 2.75) is 13.5 Å². The summed E-state index contributed by atoms with van der Waals surface area (Å²) < 4.78 is 7.49. The maximum Gasteiger partial charge on any atom is 0.190 e. The van der Waals surface area contributed by atoms with Gasteiger partial charge < -0.3 is 9.30 Å². The van der Waals surface area contributed by atoms with E-state index in [9.17, 15) is 0 Å². The third-order valence-electron chi connectivity index (χ3n) is 4.51. The van der Waals surface area contributed by atoms with Gasteiger partial charge in [-0.3, -0.25) is 4.98 Å². The van der Waals surface area contributed by atoms with Gasteiger partial charge in [-0.25, -0.2) is 4.99 Å². The second-order valence-corrected chi connectivity index (χ2v) is 7.36. The molecule has 0 spiro atoms. The first-order chi connectivity index (χ1) is 13.7. The van der Waals surface area contributed by atoms with Crippen LogP contribution in [0.3, 0.4) is 0 Å². The maximum atomic E-state index is 5.24. The van der Waals surface area contributed by atoms with Gasteiger partial charge in [-0.05, 0) is 48.4 Å². The predicted molar refractivity (Wildman–Crippen MR) is 114 cm³/mol. The topological polar surface area (TPSA) is 39.4 Å². The van der Waals surface area contributed by atoms with E-state index in [-0.39, 0.29) is 0 Å². The van der Waals surface area contributed by atoms with Crippen LogP contribution in [0.5, 0.6) is 5.75 Å². The number of methoxy groups -OCH3 is 1. The number of hydrogen-bond acceptors (Lipinski definition) is 4. The summed E-state index contributed by atoms with van der Waals surface area (Å²) in [6.07, 6.45) is 3.70. The molecular formula is C23H21N3OS. The number of ether oxygens (including phenoxy) is 1. The Morgan fingerprint density at radius 2 is 1.82 bits per heavy atom. The lowest BCUT2D eigenvalue weighted by Gasteiger charge is -2.10. The number of aromatic nitrogens is 2. The average molecular weight is 388 g/mol. The highest BCUT2D eigenvalue weighted by Gasteiger charge is 2.09. The molecule has 0 fully saturated rings. The van der Waals surface area contributed by atoms with Crippen LogP contribution in [0.1, 0.15) is 11.1 Å². The van der Waals surface area contributed by atoms with E-state index in [0.29, 0.717) is 0 Å². The summed E-state index contributed by atoms with van der Waals surface area (Å²) in [4.78, 5) is 10.1. The Hall–Kier alpha value is -3.18. The van der Waals surface area contributed by atoms with Crippen LogP contribution in [0.15, 0.2) is 83.4 Å². The number of benzene rings is 2. The molecule has 0 atom stereocenters. The molecule has 0 unspecified atom stereocenters. The van der Waals surface area contributed by atoms with E-state index in [1.165, 1.54) is 11.1 Å². The fourth-order valence-electron chi connectivity index (χ4n) is 2.97. The summed E-state index contributed by atoms with van der Waals surface area (Å²) in [6, 6.07) is 20.5. The van der Waals surface area contributed by atoms with Crippen LogP contribution in [0.4, 0.5) is 5.69 Å². The van der Waals surface area contributed by atoms with Crippen molar-refractivity contribution in [3.8, 4) is 17.0 Å². The number of pyridine rings is 1. The number of nitrogens with zero attached hydrogens (tertiary/aromatic N) is 3. The largest absolute Gasteiger partial charge is 0.497 e. The van der Waals surface area contributed by atoms with Crippen LogP contribution in [-0.2, 0) is 6.54 Å². The van der Waals surface area contributed by atoms with Crippen LogP contribution >= 0.6 is 11.3 Å². The predicted octanol–water partition coefficient (Wildman–Crippen LogP) is 5.21. The number of aryl methyl sites for hydroxylation is 1. The Morgan fingerprint density at radius 3 is 2.50 bits per heavy atom. The van der Waals surface area contributed by atoms with Crippen LogP contribution in [0, 0.1) is 6.92 Å². The van der Waals surface area contributed by atoms with Crippen molar-refractivity contribution < 1.29 is 4.74 Å². The van der Waals surface area contributed by atoms with E-state index >= 15 is 0 Å². The zero-order chi connectivity index (χ0) is 19.3. The Balaban J connectivity index is 1.81. The van der Waals surface area contributed by atoms with Gasteiger partial charge in [0.2, 0.25) is 0 Å². The Kier molecular flexibility index (Phi) is 5.35. The van der Waals surface area contributed by atoms with Gasteiger partial charge in [0.15, 0.2) is 4.80 Å².